The lowest BCUT2D eigenvalue weighted by Crippen LogP contribution is -2.52. The van der Waals surface area contributed by atoms with E-state index in [9.17, 15) is 4.79 Å². The van der Waals surface area contributed by atoms with E-state index in [4.69, 9.17) is 5.11 Å². The molecule has 2 rings (SSSR count). The molecule has 0 aliphatic carbocycles. The highest BCUT2D eigenvalue weighted by Crippen LogP contribution is 2.23. The monoisotopic (exact) mass is 340 g/mol. The smallest absolute Gasteiger partial charge is 0.320 e. The molecule has 2 atom stereocenters. The molecule has 5 heteroatoms. The molecule has 1 aliphatic rings. The first-order valence-electron chi connectivity index (χ1n) is 6.95. The molecule has 1 N–H and O–H groups in total. The van der Waals surface area contributed by atoms with E-state index in [0.717, 1.165) is 30.7 Å². The number of piperazine rings is 1. The molecule has 0 spiro atoms. The van der Waals surface area contributed by atoms with Crippen LogP contribution in [0, 0.1) is 0 Å². The van der Waals surface area contributed by atoms with Gasteiger partial charge in [0.25, 0.3) is 0 Å². The Morgan fingerprint density at radius 2 is 1.60 bits per heavy atom. The number of carboxylic acid groups (broad SMARTS) is 1. The van der Waals surface area contributed by atoms with Crippen LogP contribution in [0.3, 0.4) is 0 Å². The third-order valence-electron chi connectivity index (χ3n) is 4.15. The van der Waals surface area contributed by atoms with Gasteiger partial charge in [0.15, 0.2) is 0 Å². The Morgan fingerprint density at radius 3 is 2.10 bits per heavy atom. The molecular formula is C15H21BrN2O2. The molecule has 1 aliphatic heterocycles. The van der Waals surface area contributed by atoms with Gasteiger partial charge in [0.2, 0.25) is 0 Å². The fourth-order valence-corrected chi connectivity index (χ4v) is 2.88. The number of halogens is 1. The van der Waals surface area contributed by atoms with Crippen LogP contribution in [-0.4, -0.2) is 53.1 Å². The second kappa shape index (κ2) is 6.70. The normalized spacial score (nSPS) is 20.6. The van der Waals surface area contributed by atoms with Crippen LogP contribution in [0.2, 0.25) is 0 Å². The molecule has 1 aromatic carbocycles. The summed E-state index contributed by atoms with van der Waals surface area (Å²) < 4.78 is 1.09. The molecule has 20 heavy (non-hydrogen) atoms. The molecule has 0 unspecified atom stereocenters. The van der Waals surface area contributed by atoms with Gasteiger partial charge in [0.05, 0.1) is 0 Å². The number of hydrogen-bond donors (Lipinski definition) is 1. The fourth-order valence-electron chi connectivity index (χ4n) is 2.62. The van der Waals surface area contributed by atoms with Crippen molar-refractivity contribution >= 4 is 21.9 Å². The van der Waals surface area contributed by atoms with E-state index >= 15 is 0 Å². The number of aliphatic carboxylic acids is 1. The van der Waals surface area contributed by atoms with Crippen LogP contribution in [0.4, 0.5) is 0 Å². The lowest BCUT2D eigenvalue weighted by atomic mass is 10.1. The van der Waals surface area contributed by atoms with E-state index in [2.05, 4.69) is 52.0 Å². The summed E-state index contributed by atoms with van der Waals surface area (Å²) in [6.45, 7) is 7.42. The minimum atomic E-state index is -0.737. The quantitative estimate of drug-likeness (QED) is 0.914. The van der Waals surface area contributed by atoms with Crippen molar-refractivity contribution in [1.29, 1.82) is 0 Å². The second-order valence-corrected chi connectivity index (χ2v) is 6.23. The topological polar surface area (TPSA) is 43.8 Å². The molecule has 1 fully saturated rings. The first kappa shape index (κ1) is 15.5. The molecule has 0 amide bonds. The van der Waals surface area contributed by atoms with Crippen molar-refractivity contribution < 1.29 is 9.90 Å². The second-order valence-electron chi connectivity index (χ2n) is 5.31. The number of benzene rings is 1. The van der Waals surface area contributed by atoms with Crippen LogP contribution in [0.1, 0.15) is 25.5 Å². The van der Waals surface area contributed by atoms with E-state index in [0.29, 0.717) is 6.04 Å². The fraction of sp³-hybridized carbons (Fsp3) is 0.533. The third kappa shape index (κ3) is 3.59. The maximum absolute atomic E-state index is 11.0. The van der Waals surface area contributed by atoms with Gasteiger partial charge in [-0.2, -0.15) is 0 Å². The summed E-state index contributed by atoms with van der Waals surface area (Å²) in [5.41, 5.74) is 1.30. The summed E-state index contributed by atoms with van der Waals surface area (Å²) in [5, 5.41) is 9.05. The molecule has 1 aromatic rings. The summed E-state index contributed by atoms with van der Waals surface area (Å²) in [4.78, 5) is 15.5. The molecule has 1 saturated heterocycles. The highest BCUT2D eigenvalue weighted by molar-refractivity contribution is 9.10. The van der Waals surface area contributed by atoms with Crippen molar-refractivity contribution in [2.24, 2.45) is 0 Å². The van der Waals surface area contributed by atoms with Crippen LogP contribution in [0.15, 0.2) is 28.7 Å². The van der Waals surface area contributed by atoms with Gasteiger partial charge < -0.3 is 5.11 Å². The lowest BCUT2D eigenvalue weighted by molar-refractivity contribution is -0.143. The molecule has 0 bridgehead atoms. The van der Waals surface area contributed by atoms with Crippen LogP contribution in [-0.2, 0) is 4.79 Å². The largest absolute Gasteiger partial charge is 0.480 e. The van der Waals surface area contributed by atoms with Gasteiger partial charge in [0, 0.05) is 36.7 Å². The number of carboxylic acids is 1. The van der Waals surface area contributed by atoms with Gasteiger partial charge in [-0.3, -0.25) is 14.6 Å². The third-order valence-corrected chi connectivity index (χ3v) is 4.68. The van der Waals surface area contributed by atoms with Gasteiger partial charge in [0.1, 0.15) is 6.04 Å². The first-order chi connectivity index (χ1) is 9.49. The van der Waals surface area contributed by atoms with Crippen molar-refractivity contribution in [1.82, 2.24) is 9.80 Å². The molecule has 1 heterocycles. The van der Waals surface area contributed by atoms with Crippen molar-refractivity contribution in [3.63, 3.8) is 0 Å². The molecular weight excluding hydrogens is 320 g/mol. The van der Waals surface area contributed by atoms with Crippen LogP contribution >= 0.6 is 15.9 Å². The zero-order chi connectivity index (χ0) is 14.7. The average molecular weight is 341 g/mol. The van der Waals surface area contributed by atoms with E-state index in [1.165, 1.54) is 5.56 Å². The number of carbonyl (C=O) groups is 1. The van der Waals surface area contributed by atoms with Crippen LogP contribution < -0.4 is 0 Å². The zero-order valence-electron chi connectivity index (χ0n) is 11.9. The van der Waals surface area contributed by atoms with E-state index in [1.54, 1.807) is 6.92 Å². The Hall–Kier alpha value is -0.910. The minimum absolute atomic E-state index is 0.366. The molecule has 110 valence electrons. The summed E-state index contributed by atoms with van der Waals surface area (Å²) in [6.07, 6.45) is 0. The maximum Gasteiger partial charge on any atom is 0.320 e. The number of nitrogens with zero attached hydrogens (tertiary/aromatic N) is 2. The van der Waals surface area contributed by atoms with Gasteiger partial charge in [-0.25, -0.2) is 0 Å². The standard InChI is InChI=1S/C15H21BrN2O2/c1-11(13-3-5-14(16)6-4-13)17-7-9-18(10-8-17)12(2)15(19)20/h3-6,11-12H,7-10H2,1-2H3,(H,19,20)/t11-,12-/m0/s1. The van der Waals surface area contributed by atoms with Gasteiger partial charge in [-0.05, 0) is 31.5 Å². The van der Waals surface area contributed by atoms with Crippen molar-refractivity contribution in [3.05, 3.63) is 34.3 Å². The van der Waals surface area contributed by atoms with E-state index in [1.807, 2.05) is 4.90 Å². The summed E-state index contributed by atoms with van der Waals surface area (Å²) in [5.74, 6) is -0.737. The Labute approximate surface area is 128 Å². The molecule has 4 nitrogen and oxygen atoms in total. The van der Waals surface area contributed by atoms with Crippen LogP contribution in [0.25, 0.3) is 0 Å². The van der Waals surface area contributed by atoms with Crippen molar-refractivity contribution in [3.8, 4) is 0 Å². The average Bonchev–Trinajstić information content (AvgIpc) is 2.46. The predicted molar refractivity (Wildman–Crippen MR) is 82.8 cm³/mol. The summed E-state index contributed by atoms with van der Waals surface area (Å²) in [7, 11) is 0. The zero-order valence-corrected chi connectivity index (χ0v) is 13.5. The first-order valence-corrected chi connectivity index (χ1v) is 7.74. The van der Waals surface area contributed by atoms with E-state index in [-0.39, 0.29) is 6.04 Å². The Morgan fingerprint density at radius 1 is 1.10 bits per heavy atom. The van der Waals surface area contributed by atoms with Crippen LogP contribution in [0.5, 0.6) is 0 Å². The Kier molecular flexibility index (Phi) is 5.18. The predicted octanol–water partition coefficient (Wildman–Crippen LogP) is 2.60. The maximum atomic E-state index is 11.0. The van der Waals surface area contributed by atoms with Crippen molar-refractivity contribution in [2.75, 3.05) is 26.2 Å². The molecule has 0 radical (unpaired) electrons. The summed E-state index contributed by atoms with van der Waals surface area (Å²) >= 11 is 3.45. The number of hydrogen-bond acceptors (Lipinski definition) is 3. The molecule has 0 saturated carbocycles. The van der Waals surface area contributed by atoms with Gasteiger partial charge >= 0.3 is 5.97 Å². The lowest BCUT2D eigenvalue weighted by Gasteiger charge is -2.39. The minimum Gasteiger partial charge on any atom is -0.480 e. The summed E-state index contributed by atoms with van der Waals surface area (Å²) in [6, 6.07) is 8.39. The van der Waals surface area contributed by atoms with Gasteiger partial charge in [-0.1, -0.05) is 28.1 Å². The number of rotatable bonds is 4. The Balaban J connectivity index is 1.93. The van der Waals surface area contributed by atoms with E-state index < -0.39 is 5.97 Å². The van der Waals surface area contributed by atoms with Gasteiger partial charge in [-0.15, -0.1) is 0 Å². The Bertz CT molecular complexity index is 455. The highest BCUT2D eigenvalue weighted by Gasteiger charge is 2.27. The van der Waals surface area contributed by atoms with Crippen molar-refractivity contribution in [2.45, 2.75) is 25.9 Å². The highest BCUT2D eigenvalue weighted by atomic mass is 79.9. The SMILES string of the molecule is C[C@@H](C(=O)O)N1CCN([C@@H](C)c2ccc(Br)cc2)CC1. The molecule has 0 aromatic heterocycles.